The highest BCUT2D eigenvalue weighted by Crippen LogP contribution is 2.58. The Labute approximate surface area is 295 Å². The van der Waals surface area contributed by atoms with Crippen molar-refractivity contribution in [1.82, 2.24) is 0 Å². The van der Waals surface area contributed by atoms with Gasteiger partial charge < -0.3 is 28.4 Å². The molecule has 3 saturated heterocycles. The minimum absolute atomic E-state index is 0.0124. The number of carbonyl (C=O) groups excluding carboxylic acids is 1. The Morgan fingerprint density at radius 2 is 1.26 bits per heavy atom. The largest absolute Gasteiger partial charge is 0.489 e. The van der Waals surface area contributed by atoms with E-state index in [-0.39, 0.29) is 30.9 Å². The Hall–Kier alpha value is -2.71. The molecular formula is C37H32I2O7. The number of hydrogen-bond acceptors (Lipinski definition) is 7. The van der Waals surface area contributed by atoms with E-state index >= 15 is 0 Å². The van der Waals surface area contributed by atoms with Crippen LogP contribution in [0.4, 0.5) is 0 Å². The fraction of sp³-hybridized carbons (Fsp3) is 0.324. The maximum absolute atomic E-state index is 13.7. The highest BCUT2D eigenvalue weighted by molar-refractivity contribution is 14.1. The topological polar surface area (TPSA) is 82.4 Å². The van der Waals surface area contributed by atoms with Crippen LogP contribution >= 0.6 is 45.2 Å². The number of fused-ring (bicyclic) bond motifs is 3. The van der Waals surface area contributed by atoms with Crippen LogP contribution in [-0.2, 0) is 24.4 Å². The zero-order valence-corrected chi connectivity index (χ0v) is 29.8. The lowest BCUT2D eigenvalue weighted by Crippen LogP contribution is -2.29. The first-order chi connectivity index (χ1) is 22.3. The van der Waals surface area contributed by atoms with E-state index in [9.17, 15) is 4.79 Å². The van der Waals surface area contributed by atoms with Crippen molar-refractivity contribution >= 4 is 51.2 Å². The Kier molecular flexibility index (Phi) is 8.03. The summed E-state index contributed by atoms with van der Waals surface area (Å²) in [6, 6.07) is 23.4. The van der Waals surface area contributed by atoms with Gasteiger partial charge in [0, 0.05) is 5.56 Å². The summed E-state index contributed by atoms with van der Waals surface area (Å²) < 4.78 is 36.5. The van der Waals surface area contributed by atoms with E-state index in [1.807, 2.05) is 18.2 Å². The van der Waals surface area contributed by atoms with Crippen LogP contribution in [0.3, 0.4) is 0 Å². The number of epoxide rings is 3. The van der Waals surface area contributed by atoms with E-state index in [4.69, 9.17) is 28.4 Å². The average molecular weight is 842 g/mol. The second-order valence-corrected chi connectivity index (χ2v) is 14.6. The minimum Gasteiger partial charge on any atom is -0.489 e. The van der Waals surface area contributed by atoms with E-state index < -0.39 is 5.41 Å². The van der Waals surface area contributed by atoms with Gasteiger partial charge in [-0.3, -0.25) is 0 Å². The van der Waals surface area contributed by atoms with Gasteiger partial charge in [-0.25, -0.2) is 4.79 Å². The Morgan fingerprint density at radius 3 is 1.80 bits per heavy atom. The van der Waals surface area contributed by atoms with Gasteiger partial charge >= 0.3 is 5.97 Å². The van der Waals surface area contributed by atoms with E-state index in [0.29, 0.717) is 25.4 Å². The molecule has 3 fully saturated rings. The fourth-order valence-corrected chi connectivity index (χ4v) is 8.47. The minimum atomic E-state index is -0.729. The highest BCUT2D eigenvalue weighted by atomic mass is 127. The molecule has 0 radical (unpaired) electrons. The number of ether oxygens (including phenoxy) is 6. The second kappa shape index (κ2) is 12.1. The standard InChI is InChI=1S/C37H32I2O7/c1-20-10-22(12-31(38)34(20)44-17-24-14-41-24)37(23-11-21(2)35(32(39)13-23)45-18-25-15-42-25)29-8-4-3-6-27(29)33-28(7-5-9-30(33)37)36(40)46-19-26-16-43-26/h3-13,24-26H,14-19H2,1-2H3. The Morgan fingerprint density at radius 1 is 0.739 bits per heavy atom. The third-order valence-electron chi connectivity index (χ3n) is 9.05. The molecule has 0 bridgehead atoms. The molecule has 4 aromatic carbocycles. The van der Waals surface area contributed by atoms with Gasteiger partial charge in [-0.2, -0.15) is 0 Å². The van der Waals surface area contributed by atoms with Gasteiger partial charge in [-0.05, 0) is 116 Å². The van der Waals surface area contributed by atoms with Gasteiger partial charge in [0.1, 0.15) is 49.6 Å². The predicted molar refractivity (Wildman–Crippen MR) is 189 cm³/mol. The summed E-state index contributed by atoms with van der Waals surface area (Å²) in [7, 11) is 0. The summed E-state index contributed by atoms with van der Waals surface area (Å²) in [5, 5.41) is 0. The number of aryl methyl sites for hydroxylation is 2. The zero-order valence-electron chi connectivity index (χ0n) is 25.4. The first kappa shape index (κ1) is 30.6. The van der Waals surface area contributed by atoms with E-state index in [1.165, 1.54) is 0 Å². The molecule has 3 atom stereocenters. The van der Waals surface area contributed by atoms with Crippen molar-refractivity contribution in [2.45, 2.75) is 37.6 Å². The van der Waals surface area contributed by atoms with Crippen molar-refractivity contribution < 1.29 is 33.2 Å². The number of hydrogen-bond donors (Lipinski definition) is 0. The molecule has 4 aliphatic rings. The van der Waals surface area contributed by atoms with Crippen LogP contribution in [-0.4, -0.2) is 63.9 Å². The molecule has 0 N–H and O–H groups in total. The quantitative estimate of drug-likeness (QED) is 0.0807. The van der Waals surface area contributed by atoms with Gasteiger partial charge in [0.25, 0.3) is 0 Å². The summed E-state index contributed by atoms with van der Waals surface area (Å²) in [4.78, 5) is 13.7. The van der Waals surface area contributed by atoms with Gasteiger partial charge in [0.2, 0.25) is 0 Å². The number of carbonyl (C=O) groups is 1. The molecule has 3 aliphatic heterocycles. The second-order valence-electron chi connectivity index (χ2n) is 12.3. The summed E-state index contributed by atoms with van der Waals surface area (Å²) in [5.74, 6) is 1.41. The molecule has 0 saturated carbocycles. The van der Waals surface area contributed by atoms with Crippen molar-refractivity contribution in [2.24, 2.45) is 0 Å². The molecular weight excluding hydrogens is 810 g/mol. The van der Waals surface area contributed by atoms with Crippen molar-refractivity contribution in [3.8, 4) is 22.6 Å². The SMILES string of the molecule is Cc1cc(C2(c3cc(C)c(OCC4CO4)c(I)c3)c3ccccc3-c3c(C(=O)OCC4CO4)cccc32)cc(I)c1OCC1CO1. The zero-order chi connectivity index (χ0) is 31.6. The fourth-order valence-electron chi connectivity index (χ4n) is 6.64. The third kappa shape index (κ3) is 5.51. The maximum Gasteiger partial charge on any atom is 0.338 e. The van der Waals surface area contributed by atoms with Gasteiger partial charge in [0.05, 0.1) is 37.9 Å². The van der Waals surface area contributed by atoms with Crippen LogP contribution in [0.1, 0.15) is 43.7 Å². The number of esters is 1. The number of halogens is 2. The van der Waals surface area contributed by atoms with E-state index in [0.717, 1.165) is 76.4 Å². The lowest BCUT2D eigenvalue weighted by Gasteiger charge is -2.35. The number of rotatable bonds is 11. The van der Waals surface area contributed by atoms with Crippen LogP contribution in [0.25, 0.3) is 11.1 Å². The average Bonchev–Trinajstić information content (AvgIpc) is 3.89. The molecule has 4 aromatic rings. The summed E-state index contributed by atoms with van der Waals surface area (Å²) in [6.45, 7) is 7.65. The molecule has 0 amide bonds. The van der Waals surface area contributed by atoms with Crippen molar-refractivity contribution in [1.29, 1.82) is 0 Å². The van der Waals surface area contributed by atoms with Crippen molar-refractivity contribution in [3.63, 3.8) is 0 Å². The van der Waals surface area contributed by atoms with Crippen LogP contribution in [0.2, 0.25) is 0 Å². The molecule has 3 unspecified atom stereocenters. The lowest BCUT2D eigenvalue weighted by atomic mass is 9.67. The maximum atomic E-state index is 13.7. The first-order valence-corrected chi connectivity index (χ1v) is 17.6. The Balaban J connectivity index is 1.34. The summed E-state index contributed by atoms with van der Waals surface area (Å²) >= 11 is 4.77. The van der Waals surface area contributed by atoms with Crippen LogP contribution < -0.4 is 9.47 Å². The van der Waals surface area contributed by atoms with Crippen LogP contribution in [0.15, 0.2) is 66.7 Å². The van der Waals surface area contributed by atoms with E-state index in [2.05, 4.69) is 108 Å². The van der Waals surface area contributed by atoms with Gasteiger partial charge in [-0.15, -0.1) is 0 Å². The van der Waals surface area contributed by atoms with Gasteiger partial charge in [-0.1, -0.05) is 48.5 Å². The monoisotopic (exact) mass is 842 g/mol. The number of benzene rings is 4. The Bertz CT molecular complexity index is 1740. The smallest absolute Gasteiger partial charge is 0.338 e. The molecule has 7 nitrogen and oxygen atoms in total. The molecule has 46 heavy (non-hydrogen) atoms. The normalized spacial score (nSPS) is 23.3. The molecule has 9 heteroatoms. The molecule has 0 aromatic heterocycles. The lowest BCUT2D eigenvalue weighted by molar-refractivity contribution is 0.0477. The van der Waals surface area contributed by atoms with Gasteiger partial charge in [0.15, 0.2) is 0 Å². The van der Waals surface area contributed by atoms with Crippen LogP contribution in [0.5, 0.6) is 11.5 Å². The highest BCUT2D eigenvalue weighted by Gasteiger charge is 2.48. The molecule has 1 aliphatic carbocycles. The van der Waals surface area contributed by atoms with E-state index in [1.54, 1.807) is 0 Å². The molecule has 0 spiro atoms. The summed E-state index contributed by atoms with van der Waals surface area (Å²) in [5.41, 5.74) is 8.19. The van der Waals surface area contributed by atoms with Crippen molar-refractivity contribution in [3.05, 3.63) is 113 Å². The third-order valence-corrected chi connectivity index (χ3v) is 10.7. The van der Waals surface area contributed by atoms with Crippen molar-refractivity contribution in [2.75, 3.05) is 39.6 Å². The summed E-state index contributed by atoms with van der Waals surface area (Å²) in [6.07, 6.45) is 0.315. The predicted octanol–water partition coefficient (Wildman–Crippen LogP) is 6.99. The molecule has 8 rings (SSSR count). The molecule has 3 heterocycles. The first-order valence-electron chi connectivity index (χ1n) is 15.5. The van der Waals surface area contributed by atoms with Crippen LogP contribution in [0, 0.1) is 21.0 Å². The molecule has 236 valence electrons.